The van der Waals surface area contributed by atoms with Crippen molar-refractivity contribution in [3.63, 3.8) is 0 Å². The van der Waals surface area contributed by atoms with Gasteiger partial charge in [0.05, 0.1) is 26.7 Å². The van der Waals surface area contributed by atoms with Gasteiger partial charge in [0.15, 0.2) is 0 Å². The first-order valence-electron chi connectivity index (χ1n) is 9.33. The Morgan fingerprint density at radius 2 is 1.72 bits per heavy atom. The number of sulfonamides is 1. The van der Waals surface area contributed by atoms with Crippen molar-refractivity contribution in [2.45, 2.75) is 36.2 Å². The van der Waals surface area contributed by atoms with Crippen LogP contribution in [0.2, 0.25) is 10.0 Å². The van der Waals surface area contributed by atoms with Gasteiger partial charge in [-0.1, -0.05) is 41.4 Å². The minimum atomic E-state index is -3.62. The van der Waals surface area contributed by atoms with Gasteiger partial charge in [0.1, 0.15) is 6.33 Å². The number of nitrogens with zero attached hydrogens (tertiary/aromatic N) is 3. The van der Waals surface area contributed by atoms with Crippen LogP contribution < -0.4 is 0 Å². The monoisotopic (exact) mass is 445 g/mol. The number of aromatic nitrogens is 2. The maximum absolute atomic E-state index is 13.5. The number of hydrogen-bond acceptors (Lipinski definition) is 4. The molecule has 0 N–H and O–H groups in total. The molecular formula is C21H17Cl2N3O2S. The van der Waals surface area contributed by atoms with Crippen LogP contribution in [0.4, 0.5) is 0 Å². The van der Waals surface area contributed by atoms with E-state index < -0.39 is 10.0 Å². The largest absolute Gasteiger partial charge is 0.244 e. The van der Waals surface area contributed by atoms with E-state index in [2.05, 4.69) is 9.97 Å². The Hall–Kier alpha value is -1.99. The molecule has 5 nitrogen and oxygen atoms in total. The van der Waals surface area contributed by atoms with E-state index in [-0.39, 0.29) is 12.1 Å². The summed E-state index contributed by atoms with van der Waals surface area (Å²) < 4.78 is 28.6. The van der Waals surface area contributed by atoms with Gasteiger partial charge in [0, 0.05) is 24.2 Å². The van der Waals surface area contributed by atoms with Crippen LogP contribution in [0.15, 0.2) is 59.9 Å². The third-order valence-electron chi connectivity index (χ3n) is 5.74. The number of fused-ring (bicyclic) bond motifs is 4. The predicted octanol–water partition coefficient (Wildman–Crippen LogP) is 4.90. The molecule has 2 aliphatic heterocycles. The maximum atomic E-state index is 13.5. The molecule has 5 rings (SSSR count). The molecule has 2 bridgehead atoms. The second kappa shape index (κ2) is 7.06. The Morgan fingerprint density at radius 1 is 0.966 bits per heavy atom. The highest BCUT2D eigenvalue weighted by Gasteiger charge is 2.47. The zero-order valence-corrected chi connectivity index (χ0v) is 17.6. The zero-order chi connectivity index (χ0) is 20.2. The van der Waals surface area contributed by atoms with Crippen molar-refractivity contribution in [3.05, 3.63) is 76.3 Å². The molecule has 0 saturated carbocycles. The predicted molar refractivity (Wildman–Crippen MR) is 112 cm³/mol. The zero-order valence-electron chi connectivity index (χ0n) is 15.3. The Balaban J connectivity index is 1.49. The molecule has 2 aromatic carbocycles. The smallest absolute Gasteiger partial charge is 0.243 e. The molecule has 0 radical (unpaired) electrons. The molecule has 3 aromatic rings. The summed E-state index contributed by atoms with van der Waals surface area (Å²) in [6.45, 7) is 0. The number of rotatable bonds is 3. The summed E-state index contributed by atoms with van der Waals surface area (Å²) in [6.07, 6.45) is 5.55. The fourth-order valence-electron chi connectivity index (χ4n) is 4.36. The van der Waals surface area contributed by atoms with Gasteiger partial charge in [-0.25, -0.2) is 18.4 Å². The highest BCUT2D eigenvalue weighted by molar-refractivity contribution is 7.89. The number of benzene rings is 2. The lowest BCUT2D eigenvalue weighted by Crippen LogP contribution is -2.42. The minimum absolute atomic E-state index is 0.0536. The van der Waals surface area contributed by atoms with Crippen LogP contribution in [-0.2, 0) is 16.4 Å². The molecular weight excluding hydrogens is 429 g/mol. The molecule has 1 aromatic heterocycles. The summed E-state index contributed by atoms with van der Waals surface area (Å²) in [5.41, 5.74) is 3.65. The van der Waals surface area contributed by atoms with Crippen molar-refractivity contribution in [3.8, 4) is 11.1 Å². The van der Waals surface area contributed by atoms with E-state index >= 15 is 0 Å². The first kappa shape index (κ1) is 19.0. The highest BCUT2D eigenvalue weighted by atomic mass is 35.5. The van der Waals surface area contributed by atoms with Gasteiger partial charge >= 0.3 is 0 Å². The lowest BCUT2D eigenvalue weighted by Gasteiger charge is -2.34. The number of hydrogen-bond donors (Lipinski definition) is 0. The minimum Gasteiger partial charge on any atom is -0.244 e. The third-order valence-corrected chi connectivity index (χ3v) is 8.45. The van der Waals surface area contributed by atoms with E-state index in [1.807, 2.05) is 6.07 Å². The lowest BCUT2D eigenvalue weighted by molar-refractivity contribution is 0.300. The first-order chi connectivity index (χ1) is 13.9. The molecule has 0 amide bonds. The van der Waals surface area contributed by atoms with Crippen molar-refractivity contribution in [2.75, 3.05) is 0 Å². The maximum Gasteiger partial charge on any atom is 0.243 e. The van der Waals surface area contributed by atoms with Crippen LogP contribution in [0.5, 0.6) is 0 Å². The second-order valence-electron chi connectivity index (χ2n) is 7.36. The van der Waals surface area contributed by atoms with Gasteiger partial charge in [-0.15, -0.1) is 0 Å². The Bertz CT molecular complexity index is 1200. The molecule has 8 heteroatoms. The van der Waals surface area contributed by atoms with Crippen molar-refractivity contribution >= 4 is 33.2 Å². The van der Waals surface area contributed by atoms with E-state index in [0.717, 1.165) is 35.2 Å². The van der Waals surface area contributed by atoms with Crippen molar-refractivity contribution in [2.24, 2.45) is 0 Å². The molecule has 29 heavy (non-hydrogen) atoms. The quantitative estimate of drug-likeness (QED) is 0.574. The van der Waals surface area contributed by atoms with Crippen molar-refractivity contribution in [1.29, 1.82) is 0 Å². The van der Waals surface area contributed by atoms with Gasteiger partial charge in [-0.05, 0) is 48.2 Å². The normalized spacial score (nSPS) is 21.2. The summed E-state index contributed by atoms with van der Waals surface area (Å²) in [5.74, 6) is 0. The summed E-state index contributed by atoms with van der Waals surface area (Å²) in [7, 11) is -3.62. The molecule has 3 heterocycles. The van der Waals surface area contributed by atoms with E-state index in [9.17, 15) is 8.42 Å². The highest BCUT2D eigenvalue weighted by Crippen LogP contribution is 2.46. The topological polar surface area (TPSA) is 63.2 Å². The second-order valence-corrected chi connectivity index (χ2v) is 10.0. The Labute approximate surface area is 179 Å². The van der Waals surface area contributed by atoms with Crippen LogP contribution in [0.1, 0.15) is 30.1 Å². The molecule has 0 spiro atoms. The molecule has 0 aliphatic carbocycles. The van der Waals surface area contributed by atoms with Gasteiger partial charge in [0.2, 0.25) is 10.0 Å². The molecule has 148 valence electrons. The molecule has 2 aliphatic rings. The average molecular weight is 446 g/mol. The first-order valence-corrected chi connectivity index (χ1v) is 11.5. The number of halogens is 2. The molecule has 1 fully saturated rings. The summed E-state index contributed by atoms with van der Waals surface area (Å²) in [5, 5.41) is 0.950. The van der Waals surface area contributed by atoms with E-state index in [1.54, 1.807) is 46.9 Å². The summed E-state index contributed by atoms with van der Waals surface area (Å²) >= 11 is 12.1. The Morgan fingerprint density at radius 3 is 2.48 bits per heavy atom. The molecule has 2 unspecified atom stereocenters. The standard InChI is InChI=1S/C21H17Cl2N3O2S/c22-18-7-3-14(9-19(18)23)13-1-5-16(6-2-13)29(27,28)26-15-4-8-21(26)17-11-24-12-25-20(17)10-15/h1-3,5-7,9,11-12,15,21H,4,8,10H2. The average Bonchev–Trinajstić information content (AvgIpc) is 3.06. The lowest BCUT2D eigenvalue weighted by atomic mass is 10.0. The van der Waals surface area contributed by atoms with Crippen molar-refractivity contribution < 1.29 is 8.42 Å². The summed E-state index contributed by atoms with van der Waals surface area (Å²) in [4.78, 5) is 8.75. The molecule has 2 atom stereocenters. The Kier molecular flexibility index (Phi) is 4.62. The van der Waals surface area contributed by atoms with Crippen LogP contribution in [0.3, 0.4) is 0 Å². The van der Waals surface area contributed by atoms with Crippen LogP contribution in [-0.4, -0.2) is 28.7 Å². The van der Waals surface area contributed by atoms with Crippen LogP contribution >= 0.6 is 23.2 Å². The SMILES string of the molecule is O=S(=O)(c1ccc(-c2ccc(Cl)c(Cl)c2)cc1)N1C2CCC1c1cncnc1C2. The summed E-state index contributed by atoms with van der Waals surface area (Å²) in [6, 6.07) is 12.0. The van der Waals surface area contributed by atoms with Gasteiger partial charge < -0.3 is 0 Å². The van der Waals surface area contributed by atoms with Crippen molar-refractivity contribution in [1.82, 2.24) is 14.3 Å². The van der Waals surface area contributed by atoms with E-state index in [1.165, 1.54) is 6.33 Å². The van der Waals surface area contributed by atoms with E-state index in [4.69, 9.17) is 23.2 Å². The van der Waals surface area contributed by atoms with Crippen LogP contribution in [0, 0.1) is 0 Å². The molecule has 1 saturated heterocycles. The van der Waals surface area contributed by atoms with Gasteiger partial charge in [0.25, 0.3) is 0 Å². The fraction of sp³-hybridized carbons (Fsp3) is 0.238. The third kappa shape index (κ3) is 3.15. The van der Waals surface area contributed by atoms with Gasteiger partial charge in [-0.3, -0.25) is 0 Å². The van der Waals surface area contributed by atoms with E-state index in [0.29, 0.717) is 21.4 Å². The van der Waals surface area contributed by atoms with Gasteiger partial charge in [-0.2, -0.15) is 4.31 Å². The fourth-order valence-corrected chi connectivity index (χ4v) is 6.51. The van der Waals surface area contributed by atoms with Crippen LogP contribution in [0.25, 0.3) is 11.1 Å².